The smallest absolute Gasteiger partial charge is 0.323 e. The number of halogens is 2. The third-order valence-electron chi connectivity index (χ3n) is 2.27. The molecule has 1 aromatic carbocycles. The summed E-state index contributed by atoms with van der Waals surface area (Å²) in [7, 11) is 0. The average Bonchev–Trinajstić information content (AvgIpc) is 2.30. The summed E-state index contributed by atoms with van der Waals surface area (Å²) in [5.41, 5.74) is 0.221. The minimum Gasteiger partial charge on any atom is -0.480 e. The first kappa shape index (κ1) is 14.8. The van der Waals surface area contributed by atoms with Crippen LogP contribution in [0.15, 0.2) is 18.2 Å². The van der Waals surface area contributed by atoms with Crippen molar-refractivity contribution in [3.63, 3.8) is 0 Å². The zero-order valence-electron chi connectivity index (χ0n) is 9.82. The van der Waals surface area contributed by atoms with Gasteiger partial charge in [-0.1, -0.05) is 30.1 Å². The maximum atomic E-state index is 12.2. The number of carbonyl (C=O) groups excluding carboxylic acids is 1. The number of nitrogens with zero attached hydrogens (tertiary/aromatic N) is 1. The van der Waals surface area contributed by atoms with Gasteiger partial charge in [-0.15, -0.1) is 0 Å². The molecule has 0 heterocycles. The van der Waals surface area contributed by atoms with Gasteiger partial charge in [0.25, 0.3) is 5.91 Å². The van der Waals surface area contributed by atoms with Gasteiger partial charge < -0.3 is 10.0 Å². The van der Waals surface area contributed by atoms with Crippen LogP contribution in [0.5, 0.6) is 0 Å². The largest absolute Gasteiger partial charge is 0.480 e. The van der Waals surface area contributed by atoms with Crippen molar-refractivity contribution in [3.05, 3.63) is 33.8 Å². The zero-order chi connectivity index (χ0) is 13.7. The normalized spacial score (nSPS) is 10.2. The summed E-state index contributed by atoms with van der Waals surface area (Å²) in [5, 5.41) is 9.42. The third-order valence-corrected chi connectivity index (χ3v) is 2.83. The number of benzene rings is 1. The third kappa shape index (κ3) is 3.89. The van der Waals surface area contributed by atoms with Crippen molar-refractivity contribution in [2.45, 2.75) is 13.3 Å². The topological polar surface area (TPSA) is 57.6 Å². The molecule has 98 valence electrons. The van der Waals surface area contributed by atoms with Gasteiger partial charge in [0.2, 0.25) is 0 Å². The molecule has 0 unspecified atom stereocenters. The van der Waals surface area contributed by atoms with Crippen LogP contribution in [0.25, 0.3) is 0 Å². The van der Waals surface area contributed by atoms with Gasteiger partial charge in [0.1, 0.15) is 6.54 Å². The average molecular weight is 290 g/mol. The molecule has 0 atom stereocenters. The predicted molar refractivity (Wildman–Crippen MR) is 70.3 cm³/mol. The van der Waals surface area contributed by atoms with E-state index in [4.69, 9.17) is 28.3 Å². The van der Waals surface area contributed by atoms with Crippen molar-refractivity contribution in [3.8, 4) is 0 Å². The number of carbonyl (C=O) groups is 2. The van der Waals surface area contributed by atoms with Crippen molar-refractivity contribution < 1.29 is 14.7 Å². The Balaban J connectivity index is 3.01. The number of aliphatic carboxylic acids is 1. The fraction of sp³-hybridized carbons (Fsp3) is 0.333. The molecule has 0 saturated heterocycles. The van der Waals surface area contributed by atoms with Crippen molar-refractivity contribution in [2.24, 2.45) is 0 Å². The van der Waals surface area contributed by atoms with Crippen LogP contribution < -0.4 is 0 Å². The van der Waals surface area contributed by atoms with Gasteiger partial charge in [0.05, 0.1) is 10.6 Å². The number of rotatable bonds is 5. The van der Waals surface area contributed by atoms with E-state index in [2.05, 4.69) is 0 Å². The van der Waals surface area contributed by atoms with E-state index in [1.807, 2.05) is 6.92 Å². The second-order valence-corrected chi connectivity index (χ2v) is 4.59. The molecule has 0 aliphatic carbocycles. The van der Waals surface area contributed by atoms with E-state index < -0.39 is 11.9 Å². The highest BCUT2D eigenvalue weighted by molar-refractivity contribution is 6.35. The van der Waals surface area contributed by atoms with E-state index in [1.54, 1.807) is 6.07 Å². The van der Waals surface area contributed by atoms with E-state index in [0.717, 1.165) is 0 Å². The minimum atomic E-state index is -1.06. The standard InChI is InChI=1S/C12H13Cl2NO3/c1-2-5-15(7-11(16)17)12(18)9-6-8(13)3-4-10(9)14/h3-4,6H,2,5,7H2,1H3,(H,16,17). The molecule has 0 aromatic heterocycles. The lowest BCUT2D eigenvalue weighted by atomic mass is 10.2. The number of hydrogen-bond donors (Lipinski definition) is 1. The molecule has 1 aromatic rings. The highest BCUT2D eigenvalue weighted by Gasteiger charge is 2.20. The second-order valence-electron chi connectivity index (χ2n) is 3.74. The monoisotopic (exact) mass is 289 g/mol. The van der Waals surface area contributed by atoms with Crippen LogP contribution in [0, 0.1) is 0 Å². The Bertz CT molecular complexity index is 463. The first-order chi connectivity index (χ1) is 8.45. The Morgan fingerprint density at radius 3 is 2.56 bits per heavy atom. The molecule has 0 aliphatic rings. The van der Waals surface area contributed by atoms with Gasteiger partial charge in [-0.3, -0.25) is 9.59 Å². The van der Waals surface area contributed by atoms with Gasteiger partial charge in [-0.25, -0.2) is 0 Å². The van der Waals surface area contributed by atoms with Crippen LogP contribution in [-0.2, 0) is 4.79 Å². The molecule has 0 fully saturated rings. The zero-order valence-corrected chi connectivity index (χ0v) is 11.3. The van der Waals surface area contributed by atoms with E-state index in [1.165, 1.54) is 17.0 Å². The molecule has 6 heteroatoms. The molecule has 0 radical (unpaired) electrons. The summed E-state index contributed by atoms with van der Waals surface area (Å²) in [6.07, 6.45) is 0.664. The van der Waals surface area contributed by atoms with Gasteiger partial charge in [-0.2, -0.15) is 0 Å². The maximum absolute atomic E-state index is 12.2. The summed E-state index contributed by atoms with van der Waals surface area (Å²) >= 11 is 11.7. The van der Waals surface area contributed by atoms with Crippen molar-refractivity contribution >= 4 is 35.1 Å². The van der Waals surface area contributed by atoms with Crippen molar-refractivity contribution in [1.82, 2.24) is 4.90 Å². The molecule has 18 heavy (non-hydrogen) atoms. The van der Waals surface area contributed by atoms with Crippen LogP contribution in [-0.4, -0.2) is 35.0 Å². The number of carboxylic acids is 1. The lowest BCUT2D eigenvalue weighted by Gasteiger charge is -2.20. The van der Waals surface area contributed by atoms with E-state index >= 15 is 0 Å². The summed E-state index contributed by atoms with van der Waals surface area (Å²) in [6, 6.07) is 4.53. The minimum absolute atomic E-state index is 0.221. The van der Waals surface area contributed by atoms with Gasteiger partial charge in [-0.05, 0) is 24.6 Å². The van der Waals surface area contributed by atoms with Crippen molar-refractivity contribution in [1.29, 1.82) is 0 Å². The van der Waals surface area contributed by atoms with Crippen LogP contribution in [0.4, 0.5) is 0 Å². The van der Waals surface area contributed by atoms with E-state index in [0.29, 0.717) is 18.0 Å². The van der Waals surface area contributed by atoms with Crippen LogP contribution in [0.1, 0.15) is 23.7 Å². The summed E-state index contributed by atoms with van der Waals surface area (Å²) in [6.45, 7) is 1.87. The molecule has 4 nitrogen and oxygen atoms in total. The Morgan fingerprint density at radius 2 is 2.00 bits per heavy atom. The van der Waals surface area contributed by atoms with Crippen LogP contribution in [0.2, 0.25) is 10.0 Å². The Kier molecular flexibility index (Phi) is 5.44. The first-order valence-electron chi connectivity index (χ1n) is 5.41. The fourth-order valence-electron chi connectivity index (χ4n) is 1.52. The molecular weight excluding hydrogens is 277 g/mol. The molecule has 1 N–H and O–H groups in total. The number of hydrogen-bond acceptors (Lipinski definition) is 2. The molecule has 0 spiro atoms. The van der Waals surface area contributed by atoms with Gasteiger partial charge in [0.15, 0.2) is 0 Å². The van der Waals surface area contributed by atoms with Gasteiger partial charge >= 0.3 is 5.97 Å². The Morgan fingerprint density at radius 1 is 1.33 bits per heavy atom. The molecular formula is C12H13Cl2NO3. The fourth-order valence-corrected chi connectivity index (χ4v) is 1.89. The van der Waals surface area contributed by atoms with Crippen molar-refractivity contribution in [2.75, 3.05) is 13.1 Å². The van der Waals surface area contributed by atoms with E-state index in [-0.39, 0.29) is 17.1 Å². The quantitative estimate of drug-likeness (QED) is 0.907. The molecule has 1 rings (SSSR count). The molecule has 0 aliphatic heterocycles. The highest BCUT2D eigenvalue weighted by Crippen LogP contribution is 2.22. The van der Waals surface area contributed by atoms with E-state index in [9.17, 15) is 9.59 Å². The summed E-state index contributed by atoms with van der Waals surface area (Å²) in [4.78, 5) is 24.1. The second kappa shape index (κ2) is 6.61. The summed E-state index contributed by atoms with van der Waals surface area (Å²) in [5.74, 6) is -1.48. The number of amides is 1. The lowest BCUT2D eigenvalue weighted by Crippen LogP contribution is -2.36. The van der Waals surface area contributed by atoms with Crippen LogP contribution in [0.3, 0.4) is 0 Å². The van der Waals surface area contributed by atoms with Crippen LogP contribution >= 0.6 is 23.2 Å². The first-order valence-corrected chi connectivity index (χ1v) is 6.17. The molecule has 0 bridgehead atoms. The highest BCUT2D eigenvalue weighted by atomic mass is 35.5. The predicted octanol–water partition coefficient (Wildman–Crippen LogP) is 2.93. The molecule has 1 amide bonds. The SMILES string of the molecule is CCCN(CC(=O)O)C(=O)c1cc(Cl)ccc1Cl. The Hall–Kier alpha value is -1.26. The summed E-state index contributed by atoms with van der Waals surface area (Å²) < 4.78 is 0. The maximum Gasteiger partial charge on any atom is 0.323 e. The molecule has 0 saturated carbocycles. The lowest BCUT2D eigenvalue weighted by molar-refractivity contribution is -0.137. The Labute approximate surface area is 115 Å². The van der Waals surface area contributed by atoms with Gasteiger partial charge in [0, 0.05) is 11.6 Å². The number of carboxylic acid groups (broad SMARTS) is 1.